The number of aryl methyl sites for hydroxylation is 1. The van der Waals surface area contributed by atoms with E-state index in [4.69, 9.17) is 9.47 Å². The van der Waals surface area contributed by atoms with Gasteiger partial charge in [0.2, 0.25) is 0 Å². The number of amides is 1. The molecule has 22 heavy (non-hydrogen) atoms. The number of carbonyl (C=O) groups excluding carboxylic acids is 1. The molecule has 5 nitrogen and oxygen atoms in total. The molecule has 0 radical (unpaired) electrons. The maximum atomic E-state index is 11.9. The maximum Gasteiger partial charge on any atom is 0.258 e. The van der Waals surface area contributed by atoms with E-state index in [-0.39, 0.29) is 18.1 Å². The van der Waals surface area contributed by atoms with E-state index in [1.807, 2.05) is 52.0 Å². The van der Waals surface area contributed by atoms with Crippen molar-refractivity contribution >= 4 is 16.8 Å². The van der Waals surface area contributed by atoms with Crippen molar-refractivity contribution in [1.82, 2.24) is 10.3 Å². The molecule has 2 rings (SSSR count). The van der Waals surface area contributed by atoms with E-state index in [0.29, 0.717) is 5.75 Å². The Morgan fingerprint density at radius 1 is 1.27 bits per heavy atom. The van der Waals surface area contributed by atoms with Crippen LogP contribution in [0.2, 0.25) is 0 Å². The highest BCUT2D eigenvalue weighted by Gasteiger charge is 2.15. The molecule has 0 saturated carbocycles. The third-order valence-corrected chi connectivity index (χ3v) is 2.98. The van der Waals surface area contributed by atoms with Crippen molar-refractivity contribution in [2.45, 2.75) is 33.2 Å². The summed E-state index contributed by atoms with van der Waals surface area (Å²) < 4.78 is 10.9. The minimum Gasteiger partial charge on any atom is -0.497 e. The van der Waals surface area contributed by atoms with Crippen molar-refractivity contribution in [3.8, 4) is 11.5 Å². The smallest absolute Gasteiger partial charge is 0.258 e. The molecule has 2 aromatic rings. The molecule has 0 unspecified atom stereocenters. The summed E-state index contributed by atoms with van der Waals surface area (Å²) in [5.74, 6) is 1.20. The Labute approximate surface area is 130 Å². The summed E-state index contributed by atoms with van der Waals surface area (Å²) in [4.78, 5) is 16.4. The zero-order valence-electron chi connectivity index (χ0n) is 13.7. The fraction of sp³-hybridized carbons (Fsp3) is 0.412. The molecule has 118 valence electrons. The summed E-state index contributed by atoms with van der Waals surface area (Å²) in [6, 6.07) is 7.42. The second kappa shape index (κ2) is 6.22. The molecule has 1 amide bonds. The van der Waals surface area contributed by atoms with Gasteiger partial charge in [0.1, 0.15) is 11.5 Å². The number of fused-ring (bicyclic) bond motifs is 1. The molecule has 1 aromatic carbocycles. The fourth-order valence-electron chi connectivity index (χ4n) is 2.14. The Balaban J connectivity index is 2.24. The number of hydrogen-bond donors (Lipinski definition) is 1. The van der Waals surface area contributed by atoms with Gasteiger partial charge in [-0.15, -0.1) is 0 Å². The number of carbonyl (C=O) groups is 1. The van der Waals surface area contributed by atoms with Gasteiger partial charge in [-0.05, 0) is 45.9 Å². The Hall–Kier alpha value is -2.30. The predicted octanol–water partition coefficient (Wildman–Crippen LogP) is 2.85. The first kappa shape index (κ1) is 16.1. The lowest BCUT2D eigenvalue weighted by molar-refractivity contribution is -0.124. The van der Waals surface area contributed by atoms with Crippen LogP contribution < -0.4 is 14.8 Å². The summed E-state index contributed by atoms with van der Waals surface area (Å²) in [7, 11) is 1.61. The number of ether oxygens (including phenoxy) is 2. The van der Waals surface area contributed by atoms with Gasteiger partial charge < -0.3 is 14.8 Å². The topological polar surface area (TPSA) is 60.5 Å². The predicted molar refractivity (Wildman–Crippen MR) is 86.4 cm³/mol. The number of aromatic nitrogens is 1. The van der Waals surface area contributed by atoms with Crippen LogP contribution in [0.1, 0.15) is 26.5 Å². The van der Waals surface area contributed by atoms with E-state index in [1.165, 1.54) is 0 Å². The number of hydrogen-bond acceptors (Lipinski definition) is 4. The first-order valence-corrected chi connectivity index (χ1v) is 7.18. The number of methoxy groups -OCH3 is 1. The van der Waals surface area contributed by atoms with Gasteiger partial charge in [-0.2, -0.15) is 0 Å². The van der Waals surface area contributed by atoms with Gasteiger partial charge in [0.05, 0.1) is 12.6 Å². The van der Waals surface area contributed by atoms with Crippen LogP contribution in [-0.4, -0.2) is 30.1 Å². The molecule has 0 aliphatic rings. The van der Waals surface area contributed by atoms with Crippen molar-refractivity contribution in [3.05, 3.63) is 30.0 Å². The van der Waals surface area contributed by atoms with Crippen molar-refractivity contribution in [3.63, 3.8) is 0 Å². The summed E-state index contributed by atoms with van der Waals surface area (Å²) in [5.41, 5.74) is 1.37. The van der Waals surface area contributed by atoms with Gasteiger partial charge in [-0.3, -0.25) is 9.78 Å². The SMILES string of the molecule is COc1ccc2nc(C)cc(OCC(=O)NC(C)(C)C)c2c1. The van der Waals surface area contributed by atoms with Crippen molar-refractivity contribution in [2.75, 3.05) is 13.7 Å². The summed E-state index contributed by atoms with van der Waals surface area (Å²) in [5, 5.41) is 3.70. The largest absolute Gasteiger partial charge is 0.497 e. The molecule has 0 fully saturated rings. The van der Waals surface area contributed by atoms with E-state index in [1.54, 1.807) is 7.11 Å². The zero-order valence-corrected chi connectivity index (χ0v) is 13.7. The maximum absolute atomic E-state index is 11.9. The third-order valence-electron chi connectivity index (χ3n) is 2.98. The lowest BCUT2D eigenvalue weighted by Gasteiger charge is -2.20. The minimum absolute atomic E-state index is 0.0347. The molecular weight excluding hydrogens is 280 g/mol. The highest BCUT2D eigenvalue weighted by Crippen LogP contribution is 2.28. The molecule has 1 N–H and O–H groups in total. The van der Waals surface area contributed by atoms with Crippen LogP contribution in [0.3, 0.4) is 0 Å². The highest BCUT2D eigenvalue weighted by molar-refractivity contribution is 5.87. The van der Waals surface area contributed by atoms with Gasteiger partial charge in [0.15, 0.2) is 6.61 Å². The average Bonchev–Trinajstić information content (AvgIpc) is 2.42. The Morgan fingerprint density at radius 2 is 2.00 bits per heavy atom. The van der Waals surface area contributed by atoms with E-state index < -0.39 is 0 Å². The normalized spacial score (nSPS) is 11.3. The summed E-state index contributed by atoms with van der Waals surface area (Å²) in [6.07, 6.45) is 0. The van der Waals surface area contributed by atoms with Gasteiger partial charge in [-0.25, -0.2) is 0 Å². The van der Waals surface area contributed by atoms with Crippen LogP contribution in [0.5, 0.6) is 11.5 Å². The molecule has 0 atom stereocenters. The number of rotatable bonds is 4. The number of nitrogens with zero attached hydrogens (tertiary/aromatic N) is 1. The molecule has 0 saturated heterocycles. The summed E-state index contributed by atoms with van der Waals surface area (Å²) >= 11 is 0. The second-order valence-corrected chi connectivity index (χ2v) is 6.23. The summed E-state index contributed by atoms with van der Waals surface area (Å²) in [6.45, 7) is 7.66. The number of pyridine rings is 1. The molecule has 0 spiro atoms. The van der Waals surface area contributed by atoms with Crippen LogP contribution in [0.4, 0.5) is 0 Å². The van der Waals surface area contributed by atoms with Crippen LogP contribution in [0.15, 0.2) is 24.3 Å². The van der Waals surface area contributed by atoms with Gasteiger partial charge in [-0.1, -0.05) is 0 Å². The lowest BCUT2D eigenvalue weighted by atomic mass is 10.1. The highest BCUT2D eigenvalue weighted by atomic mass is 16.5. The molecule has 1 aromatic heterocycles. The van der Waals surface area contributed by atoms with E-state index in [0.717, 1.165) is 22.3 Å². The van der Waals surface area contributed by atoms with Crippen LogP contribution in [0, 0.1) is 6.92 Å². The molecule has 0 bridgehead atoms. The van der Waals surface area contributed by atoms with Crippen molar-refractivity contribution in [1.29, 1.82) is 0 Å². The molecular formula is C17H22N2O3. The molecule has 1 heterocycles. The van der Waals surface area contributed by atoms with Crippen LogP contribution in [-0.2, 0) is 4.79 Å². The molecule has 5 heteroatoms. The second-order valence-electron chi connectivity index (χ2n) is 6.23. The van der Waals surface area contributed by atoms with Gasteiger partial charge in [0, 0.05) is 22.7 Å². The number of benzene rings is 1. The third kappa shape index (κ3) is 4.10. The fourth-order valence-corrected chi connectivity index (χ4v) is 2.14. The van der Waals surface area contributed by atoms with Crippen LogP contribution in [0.25, 0.3) is 10.9 Å². The molecule has 0 aliphatic heterocycles. The van der Waals surface area contributed by atoms with Gasteiger partial charge >= 0.3 is 0 Å². The average molecular weight is 302 g/mol. The minimum atomic E-state index is -0.278. The van der Waals surface area contributed by atoms with Crippen molar-refractivity contribution < 1.29 is 14.3 Å². The number of nitrogens with one attached hydrogen (secondary N) is 1. The van der Waals surface area contributed by atoms with E-state index in [2.05, 4.69) is 10.3 Å². The zero-order chi connectivity index (χ0) is 16.3. The van der Waals surface area contributed by atoms with Gasteiger partial charge in [0.25, 0.3) is 5.91 Å². The monoisotopic (exact) mass is 302 g/mol. The van der Waals surface area contributed by atoms with E-state index in [9.17, 15) is 4.79 Å². The standard InChI is InChI=1S/C17H22N2O3/c1-11-8-15(22-10-16(20)19-17(2,3)4)13-9-12(21-5)6-7-14(13)18-11/h6-9H,10H2,1-5H3,(H,19,20). The molecule has 0 aliphatic carbocycles. The van der Waals surface area contributed by atoms with E-state index >= 15 is 0 Å². The lowest BCUT2D eigenvalue weighted by Crippen LogP contribution is -2.43. The van der Waals surface area contributed by atoms with Crippen molar-refractivity contribution in [2.24, 2.45) is 0 Å². The quantitative estimate of drug-likeness (QED) is 0.943. The first-order valence-electron chi connectivity index (χ1n) is 7.18. The first-order chi connectivity index (χ1) is 10.3. The Morgan fingerprint density at radius 3 is 2.64 bits per heavy atom. The Kier molecular flexibility index (Phi) is 4.54. The Bertz CT molecular complexity index is 690. The van der Waals surface area contributed by atoms with Crippen LogP contribution >= 0.6 is 0 Å².